The number of aryl methyl sites for hydroxylation is 1. The van der Waals surface area contributed by atoms with Crippen LogP contribution in [0.5, 0.6) is 17.4 Å². The average molecular weight is 629 g/mol. The molecule has 0 atom stereocenters. The molecule has 3 aromatic carbocycles. The van der Waals surface area contributed by atoms with E-state index in [0.717, 1.165) is 37.8 Å². The normalized spacial score (nSPS) is 11.3. The minimum Gasteiger partial charge on any atom is -0.494 e. The first-order chi connectivity index (χ1) is 21.2. The Morgan fingerprint density at radius 2 is 1.52 bits per heavy atom. The van der Waals surface area contributed by atoms with Crippen molar-refractivity contribution in [3.05, 3.63) is 89.6 Å². The van der Waals surface area contributed by atoms with Crippen molar-refractivity contribution in [2.45, 2.75) is 64.5 Å². The number of halogens is 4. The topological polar surface area (TPSA) is 77.4 Å². The Labute approximate surface area is 260 Å². The maximum absolute atomic E-state index is 12.8. The molecule has 0 bridgehead atoms. The van der Waals surface area contributed by atoms with Crippen LogP contribution in [0.15, 0.2) is 78.9 Å². The predicted molar refractivity (Wildman–Crippen MR) is 167 cm³/mol. The van der Waals surface area contributed by atoms with Crippen molar-refractivity contribution in [2.24, 2.45) is 0 Å². The van der Waals surface area contributed by atoms with Gasteiger partial charge in [0, 0.05) is 18.2 Å². The van der Waals surface area contributed by atoms with Crippen LogP contribution in [-0.4, -0.2) is 28.6 Å². The summed E-state index contributed by atoms with van der Waals surface area (Å²) >= 11 is 6.39. The molecule has 0 fully saturated rings. The monoisotopic (exact) mass is 628 g/mol. The summed E-state index contributed by atoms with van der Waals surface area (Å²) in [5.74, 6) is 1.56. The van der Waals surface area contributed by atoms with Crippen molar-refractivity contribution in [2.75, 3.05) is 17.2 Å². The third kappa shape index (κ3) is 10.5. The molecule has 0 aliphatic carbocycles. The van der Waals surface area contributed by atoms with E-state index in [0.29, 0.717) is 52.5 Å². The molecule has 4 rings (SSSR count). The Balaban J connectivity index is 1.21. The molecule has 0 radical (unpaired) electrons. The van der Waals surface area contributed by atoms with Crippen molar-refractivity contribution >= 4 is 29.0 Å². The molecule has 44 heavy (non-hydrogen) atoms. The summed E-state index contributed by atoms with van der Waals surface area (Å²) in [6, 6.07) is 22.8. The molecule has 4 aromatic rings. The van der Waals surface area contributed by atoms with Gasteiger partial charge < -0.3 is 20.1 Å². The van der Waals surface area contributed by atoms with Crippen molar-refractivity contribution < 1.29 is 27.4 Å². The molecule has 0 saturated carbocycles. The fourth-order valence-electron chi connectivity index (χ4n) is 4.54. The van der Waals surface area contributed by atoms with Gasteiger partial charge in [-0.2, -0.15) is 23.0 Å². The summed E-state index contributed by atoms with van der Waals surface area (Å²) in [5.41, 5.74) is 2.47. The molecule has 1 aromatic heterocycles. The third-order valence-corrected chi connectivity index (χ3v) is 7.03. The van der Waals surface area contributed by atoms with E-state index in [9.17, 15) is 18.0 Å². The maximum Gasteiger partial charge on any atom is 0.389 e. The first-order valence-electron chi connectivity index (χ1n) is 14.6. The number of nitrogens with zero attached hydrogens (tertiary/aromatic N) is 2. The standard InChI is InChI=1S/C33H36ClF3N4O3/c1-24-23-31(41(40-24)29-15-9-7-13-27(29)34)44-30-16-10-8-14-28(30)39-32(42)38-25-17-19-26(20-18-25)43-22-12-6-4-2-3-5-11-21-33(35,36)37/h7-10,13-20,23H,2-6,11-12,21-22H2,1H3,(H2,38,39,42). The van der Waals surface area contributed by atoms with Crippen LogP contribution in [0.25, 0.3) is 5.69 Å². The number of aromatic nitrogens is 2. The minimum atomic E-state index is -4.05. The summed E-state index contributed by atoms with van der Waals surface area (Å²) in [7, 11) is 0. The fourth-order valence-corrected chi connectivity index (χ4v) is 4.75. The molecule has 11 heteroatoms. The number of benzene rings is 3. The largest absolute Gasteiger partial charge is 0.494 e. The van der Waals surface area contributed by atoms with Gasteiger partial charge in [-0.1, -0.05) is 68.0 Å². The zero-order chi connectivity index (χ0) is 31.4. The molecule has 234 valence electrons. The molecule has 0 aliphatic rings. The zero-order valence-electron chi connectivity index (χ0n) is 24.5. The number of carbonyl (C=O) groups is 1. The molecular weight excluding hydrogens is 593 g/mol. The van der Waals surface area contributed by atoms with Gasteiger partial charge in [-0.15, -0.1) is 0 Å². The first kappa shape index (κ1) is 32.7. The number of anilines is 2. The summed E-state index contributed by atoms with van der Waals surface area (Å²) in [6.07, 6.45) is 0.650. The van der Waals surface area contributed by atoms with Crippen molar-refractivity contribution in [3.63, 3.8) is 0 Å². The van der Waals surface area contributed by atoms with Crippen LogP contribution in [0.1, 0.15) is 57.1 Å². The van der Waals surface area contributed by atoms with Gasteiger partial charge in [0.1, 0.15) is 5.75 Å². The number of urea groups is 1. The van der Waals surface area contributed by atoms with Crippen molar-refractivity contribution in [3.8, 4) is 23.1 Å². The van der Waals surface area contributed by atoms with Crippen LogP contribution in [0, 0.1) is 6.92 Å². The highest BCUT2D eigenvalue weighted by Gasteiger charge is 2.25. The number of ether oxygens (including phenoxy) is 2. The maximum atomic E-state index is 12.8. The highest BCUT2D eigenvalue weighted by molar-refractivity contribution is 6.32. The summed E-state index contributed by atoms with van der Waals surface area (Å²) in [5, 5.41) is 10.7. The van der Waals surface area contributed by atoms with Gasteiger partial charge in [-0.25, -0.2) is 4.79 Å². The Bertz CT molecular complexity index is 1490. The summed E-state index contributed by atoms with van der Waals surface area (Å²) < 4.78 is 50.1. The van der Waals surface area contributed by atoms with Crippen LogP contribution in [0.4, 0.5) is 29.3 Å². The Kier molecular flexibility index (Phi) is 11.9. The molecule has 2 amide bonds. The molecule has 1 heterocycles. The van der Waals surface area contributed by atoms with Gasteiger partial charge in [-0.3, -0.25) is 0 Å². The Hall–Kier alpha value is -4.18. The lowest BCUT2D eigenvalue weighted by molar-refractivity contribution is -0.135. The Morgan fingerprint density at radius 1 is 0.864 bits per heavy atom. The van der Waals surface area contributed by atoms with Crippen LogP contribution < -0.4 is 20.1 Å². The predicted octanol–water partition coefficient (Wildman–Crippen LogP) is 10.3. The molecule has 2 N–H and O–H groups in total. The highest BCUT2D eigenvalue weighted by atomic mass is 35.5. The molecule has 0 unspecified atom stereocenters. The lowest BCUT2D eigenvalue weighted by atomic mass is 10.1. The molecule has 0 spiro atoms. The molecule has 0 saturated heterocycles. The van der Waals surface area contributed by atoms with E-state index in [2.05, 4.69) is 15.7 Å². The van der Waals surface area contributed by atoms with Crippen LogP contribution in [0.2, 0.25) is 5.02 Å². The van der Waals surface area contributed by atoms with Crippen LogP contribution in [0.3, 0.4) is 0 Å². The second kappa shape index (κ2) is 16.0. The number of hydrogen-bond donors (Lipinski definition) is 2. The van der Waals surface area contributed by atoms with E-state index in [1.807, 2.05) is 31.2 Å². The van der Waals surface area contributed by atoms with Crippen molar-refractivity contribution in [1.82, 2.24) is 9.78 Å². The highest BCUT2D eigenvalue weighted by Crippen LogP contribution is 2.33. The second-order valence-electron chi connectivity index (χ2n) is 10.4. The van der Waals surface area contributed by atoms with E-state index in [1.54, 1.807) is 59.3 Å². The summed E-state index contributed by atoms with van der Waals surface area (Å²) in [6.45, 7) is 2.40. The lowest BCUT2D eigenvalue weighted by Gasteiger charge is -2.14. The second-order valence-corrected chi connectivity index (χ2v) is 10.8. The van der Waals surface area contributed by atoms with Crippen LogP contribution in [-0.2, 0) is 0 Å². The number of carbonyl (C=O) groups excluding carboxylic acids is 1. The van der Waals surface area contributed by atoms with E-state index >= 15 is 0 Å². The van der Waals surface area contributed by atoms with Gasteiger partial charge in [0.05, 0.1) is 28.7 Å². The van der Waals surface area contributed by atoms with Gasteiger partial charge in [0.2, 0.25) is 5.88 Å². The van der Waals surface area contributed by atoms with Crippen LogP contribution >= 0.6 is 11.6 Å². The quantitative estimate of drug-likeness (QED) is 0.128. The SMILES string of the molecule is Cc1cc(Oc2ccccc2NC(=O)Nc2ccc(OCCCCCCCCCC(F)(F)F)cc2)n(-c2ccccc2Cl)n1. The number of amides is 2. The van der Waals surface area contributed by atoms with Gasteiger partial charge in [0.15, 0.2) is 5.75 Å². The van der Waals surface area contributed by atoms with E-state index < -0.39 is 18.6 Å². The number of nitrogens with one attached hydrogen (secondary N) is 2. The number of rotatable bonds is 15. The zero-order valence-corrected chi connectivity index (χ0v) is 25.3. The fraction of sp³-hybridized carbons (Fsp3) is 0.333. The third-order valence-electron chi connectivity index (χ3n) is 6.71. The molecule has 7 nitrogen and oxygen atoms in total. The number of unbranched alkanes of at least 4 members (excludes halogenated alkanes) is 6. The molecule has 0 aliphatic heterocycles. The number of alkyl halides is 3. The van der Waals surface area contributed by atoms with Gasteiger partial charge in [-0.05, 0) is 68.3 Å². The van der Waals surface area contributed by atoms with E-state index in [4.69, 9.17) is 21.1 Å². The van der Waals surface area contributed by atoms with Crippen molar-refractivity contribution in [1.29, 1.82) is 0 Å². The summed E-state index contributed by atoms with van der Waals surface area (Å²) in [4.78, 5) is 12.8. The number of hydrogen-bond acceptors (Lipinski definition) is 4. The minimum absolute atomic E-state index is 0.207. The lowest BCUT2D eigenvalue weighted by Crippen LogP contribution is -2.19. The average Bonchev–Trinajstić information content (AvgIpc) is 3.35. The van der Waals surface area contributed by atoms with Gasteiger partial charge >= 0.3 is 12.2 Å². The Morgan fingerprint density at radius 3 is 2.25 bits per heavy atom. The smallest absolute Gasteiger partial charge is 0.389 e. The molecular formula is C33H36ClF3N4O3. The number of para-hydroxylation sites is 3. The first-order valence-corrected chi connectivity index (χ1v) is 15.0. The van der Waals surface area contributed by atoms with Gasteiger partial charge in [0.25, 0.3) is 0 Å². The van der Waals surface area contributed by atoms with E-state index in [1.165, 1.54) is 0 Å². The van der Waals surface area contributed by atoms with E-state index in [-0.39, 0.29) is 6.42 Å².